The van der Waals surface area contributed by atoms with Gasteiger partial charge in [0.1, 0.15) is 0 Å². The maximum atomic E-state index is 12.3. The predicted molar refractivity (Wildman–Crippen MR) is 137 cm³/mol. The number of hydrogen-bond donors (Lipinski definition) is 2. The van der Waals surface area contributed by atoms with E-state index in [9.17, 15) is 9.59 Å². The Kier molecular flexibility index (Phi) is 8.45. The van der Waals surface area contributed by atoms with Gasteiger partial charge in [0.15, 0.2) is 4.34 Å². The molecular formula is C23H21ClN6O3S2. The Morgan fingerprint density at radius 3 is 2.66 bits per heavy atom. The van der Waals surface area contributed by atoms with Crippen LogP contribution in [0.15, 0.2) is 57.4 Å². The highest BCUT2D eigenvalue weighted by atomic mass is 35.5. The maximum absolute atomic E-state index is 12.3. The number of hydrogen-bond acceptors (Lipinski definition) is 9. The lowest BCUT2D eigenvalue weighted by Crippen LogP contribution is -2.12. The van der Waals surface area contributed by atoms with Gasteiger partial charge >= 0.3 is 0 Å². The van der Waals surface area contributed by atoms with Crippen molar-refractivity contribution >= 4 is 57.3 Å². The largest absolute Gasteiger partial charge is 0.339 e. The van der Waals surface area contributed by atoms with Gasteiger partial charge in [-0.3, -0.25) is 9.59 Å². The molecule has 4 rings (SSSR count). The fourth-order valence-corrected chi connectivity index (χ4v) is 4.86. The number of thioether (sulfide) groups is 1. The summed E-state index contributed by atoms with van der Waals surface area (Å²) in [6.45, 7) is 1.90. The van der Waals surface area contributed by atoms with Gasteiger partial charge in [0.25, 0.3) is 0 Å². The van der Waals surface area contributed by atoms with Crippen molar-refractivity contribution in [3.05, 3.63) is 65.0 Å². The lowest BCUT2D eigenvalue weighted by Gasteiger charge is -2.06. The molecule has 0 aliphatic heterocycles. The van der Waals surface area contributed by atoms with Gasteiger partial charge in [0, 0.05) is 41.3 Å². The smallest absolute Gasteiger partial charge is 0.227 e. The molecule has 0 unspecified atom stereocenters. The van der Waals surface area contributed by atoms with Gasteiger partial charge in [-0.25, -0.2) is 0 Å². The normalized spacial score (nSPS) is 10.8. The molecular weight excluding hydrogens is 508 g/mol. The second-order valence-corrected chi connectivity index (χ2v) is 10.1. The van der Waals surface area contributed by atoms with Crippen LogP contribution in [0, 0.1) is 6.92 Å². The van der Waals surface area contributed by atoms with Crippen LogP contribution in [0.1, 0.15) is 24.3 Å². The Bertz CT molecular complexity index is 1310. The van der Waals surface area contributed by atoms with Crippen LogP contribution in [-0.2, 0) is 16.0 Å². The first-order chi connectivity index (χ1) is 17.0. The van der Waals surface area contributed by atoms with Gasteiger partial charge in [-0.05, 0) is 24.6 Å². The second-order valence-electron chi connectivity index (χ2n) is 7.41. The molecule has 0 spiro atoms. The van der Waals surface area contributed by atoms with Crippen molar-refractivity contribution in [1.29, 1.82) is 0 Å². The minimum Gasteiger partial charge on any atom is -0.339 e. The van der Waals surface area contributed by atoms with Crippen LogP contribution in [0.5, 0.6) is 0 Å². The van der Waals surface area contributed by atoms with Crippen LogP contribution in [0.2, 0.25) is 5.02 Å². The minimum atomic E-state index is -0.228. The fourth-order valence-electron chi connectivity index (χ4n) is 2.91. The third kappa shape index (κ3) is 7.35. The third-order valence-electron chi connectivity index (χ3n) is 4.73. The van der Waals surface area contributed by atoms with Crippen molar-refractivity contribution in [2.24, 2.45) is 0 Å². The van der Waals surface area contributed by atoms with E-state index in [2.05, 4.69) is 31.0 Å². The number of anilines is 2. The number of carbonyl (C=O) groups is 2. The monoisotopic (exact) mass is 528 g/mol. The zero-order chi connectivity index (χ0) is 24.6. The highest BCUT2D eigenvalue weighted by molar-refractivity contribution is 8.01. The minimum absolute atomic E-state index is 0.119. The summed E-state index contributed by atoms with van der Waals surface area (Å²) in [7, 11) is 0. The fraction of sp³-hybridized carbons (Fsp3) is 0.217. The molecule has 0 radical (unpaired) electrons. The molecule has 9 nitrogen and oxygen atoms in total. The average Bonchev–Trinajstić information content (AvgIpc) is 3.50. The van der Waals surface area contributed by atoms with Crippen LogP contribution < -0.4 is 10.6 Å². The first-order valence-corrected chi connectivity index (χ1v) is 12.8. The molecule has 4 aromatic rings. The summed E-state index contributed by atoms with van der Waals surface area (Å²) >= 11 is 8.73. The van der Waals surface area contributed by atoms with E-state index in [1.807, 2.05) is 49.4 Å². The molecule has 0 saturated heterocycles. The second kappa shape index (κ2) is 11.9. The number of aryl methyl sites for hydroxylation is 2. The van der Waals surface area contributed by atoms with Crippen LogP contribution in [0.3, 0.4) is 0 Å². The van der Waals surface area contributed by atoms with E-state index < -0.39 is 0 Å². The van der Waals surface area contributed by atoms with Gasteiger partial charge in [-0.1, -0.05) is 76.3 Å². The summed E-state index contributed by atoms with van der Waals surface area (Å²) in [6.07, 6.45) is 0.779. The third-order valence-corrected chi connectivity index (χ3v) is 7.11. The highest BCUT2D eigenvalue weighted by Crippen LogP contribution is 2.26. The summed E-state index contributed by atoms with van der Waals surface area (Å²) in [5.74, 6) is 1.05. The Morgan fingerprint density at radius 2 is 1.86 bits per heavy atom. The van der Waals surface area contributed by atoms with Gasteiger partial charge in [-0.2, -0.15) is 4.98 Å². The number of aromatic nitrogens is 4. The van der Waals surface area contributed by atoms with E-state index in [4.69, 9.17) is 16.1 Å². The van der Waals surface area contributed by atoms with Gasteiger partial charge in [-0.15, -0.1) is 10.2 Å². The van der Waals surface area contributed by atoms with E-state index in [0.29, 0.717) is 50.5 Å². The Morgan fingerprint density at radius 1 is 1.06 bits per heavy atom. The summed E-state index contributed by atoms with van der Waals surface area (Å²) < 4.78 is 5.89. The summed E-state index contributed by atoms with van der Waals surface area (Å²) in [4.78, 5) is 28.7. The van der Waals surface area contributed by atoms with Crippen LogP contribution in [-0.4, -0.2) is 37.9 Å². The number of halogens is 1. The topological polar surface area (TPSA) is 123 Å². The zero-order valence-corrected chi connectivity index (χ0v) is 21.0. The molecule has 2 aromatic heterocycles. The van der Waals surface area contributed by atoms with Crippen LogP contribution in [0.25, 0.3) is 11.4 Å². The maximum Gasteiger partial charge on any atom is 0.227 e. The molecule has 2 heterocycles. The zero-order valence-electron chi connectivity index (χ0n) is 18.7. The summed E-state index contributed by atoms with van der Waals surface area (Å²) in [6, 6.07) is 14.9. The first kappa shape index (κ1) is 24.8. The molecule has 35 heavy (non-hydrogen) atoms. The molecule has 0 bridgehead atoms. The van der Waals surface area contributed by atoms with E-state index >= 15 is 0 Å². The first-order valence-electron chi connectivity index (χ1n) is 10.7. The number of amides is 2. The van der Waals surface area contributed by atoms with Gasteiger partial charge in [0.2, 0.25) is 28.7 Å². The molecule has 0 aliphatic rings. The number of nitrogens with zero attached hydrogens (tertiary/aromatic N) is 4. The SMILES string of the molecule is Cc1ccc(NC(=O)CCSc2nnc(NC(=O)CCc3nc(-c4ccccc4)no3)s2)cc1Cl. The van der Waals surface area contributed by atoms with E-state index in [-0.39, 0.29) is 18.2 Å². The predicted octanol–water partition coefficient (Wildman–Crippen LogP) is 5.24. The average molecular weight is 529 g/mol. The van der Waals surface area contributed by atoms with Gasteiger partial charge in [0.05, 0.1) is 0 Å². The van der Waals surface area contributed by atoms with E-state index in [1.54, 1.807) is 6.07 Å². The van der Waals surface area contributed by atoms with Gasteiger partial charge < -0.3 is 15.2 Å². The molecule has 180 valence electrons. The molecule has 2 aromatic carbocycles. The van der Waals surface area contributed by atoms with Crippen molar-refractivity contribution < 1.29 is 14.1 Å². The summed E-state index contributed by atoms with van der Waals surface area (Å²) in [5, 5.41) is 18.5. The van der Waals surface area contributed by atoms with Crippen molar-refractivity contribution in [3.8, 4) is 11.4 Å². The number of carbonyl (C=O) groups excluding carboxylic acids is 2. The number of nitrogens with one attached hydrogen (secondary N) is 2. The quantitative estimate of drug-likeness (QED) is 0.211. The molecule has 2 N–H and O–H groups in total. The lowest BCUT2D eigenvalue weighted by molar-refractivity contribution is -0.116. The number of benzene rings is 2. The van der Waals surface area contributed by atoms with Crippen molar-refractivity contribution in [2.45, 2.75) is 30.5 Å². The molecule has 0 fully saturated rings. The Balaban J connectivity index is 1.17. The molecule has 2 amide bonds. The molecule has 0 saturated carbocycles. The van der Waals surface area contributed by atoms with Crippen molar-refractivity contribution in [1.82, 2.24) is 20.3 Å². The van der Waals surface area contributed by atoms with E-state index in [1.165, 1.54) is 23.1 Å². The van der Waals surface area contributed by atoms with Crippen LogP contribution >= 0.6 is 34.7 Å². The van der Waals surface area contributed by atoms with Crippen LogP contribution in [0.4, 0.5) is 10.8 Å². The van der Waals surface area contributed by atoms with Crippen molar-refractivity contribution in [3.63, 3.8) is 0 Å². The Hall–Kier alpha value is -3.28. The summed E-state index contributed by atoms with van der Waals surface area (Å²) in [5.41, 5.74) is 2.46. The highest BCUT2D eigenvalue weighted by Gasteiger charge is 2.13. The molecule has 12 heteroatoms. The standard InChI is InChI=1S/C23H21ClN6O3S2/c1-14-7-8-16(13-17(14)24)25-19(32)11-12-34-23-29-28-22(35-23)26-18(31)9-10-20-27-21(30-33-20)15-5-3-2-4-6-15/h2-8,13H,9-12H2,1H3,(H,25,32)(H,26,28,31). The molecule has 0 atom stereocenters. The number of rotatable bonds is 10. The van der Waals surface area contributed by atoms with Crippen molar-refractivity contribution in [2.75, 3.05) is 16.4 Å². The Labute approximate surface area is 214 Å². The molecule has 0 aliphatic carbocycles. The lowest BCUT2D eigenvalue weighted by atomic mass is 10.2. The van der Waals surface area contributed by atoms with E-state index in [0.717, 1.165) is 11.1 Å².